The number of alkyl carbamates (subject to hydrolysis) is 1. The molecule has 0 aliphatic carbocycles. The van der Waals surface area contributed by atoms with Crippen molar-refractivity contribution in [1.82, 2.24) is 10.2 Å². The second kappa shape index (κ2) is 6.00. The van der Waals surface area contributed by atoms with E-state index in [-0.39, 0.29) is 11.9 Å². The molecule has 1 fully saturated rings. The average molecular weight is 298 g/mol. The van der Waals surface area contributed by atoms with Crippen molar-refractivity contribution in [3.05, 3.63) is 28.8 Å². The van der Waals surface area contributed by atoms with Gasteiger partial charge in [0.25, 0.3) is 5.91 Å². The minimum absolute atomic E-state index is 0.0874. The fourth-order valence-corrected chi connectivity index (χ4v) is 2.31. The number of nitrogens with one attached hydrogen (secondary N) is 1. The van der Waals surface area contributed by atoms with Crippen LogP contribution in [0.4, 0.5) is 10.5 Å². The van der Waals surface area contributed by atoms with Crippen LogP contribution in [0.5, 0.6) is 0 Å². The van der Waals surface area contributed by atoms with Crippen LogP contribution in [0.25, 0.3) is 0 Å². The van der Waals surface area contributed by atoms with Gasteiger partial charge < -0.3 is 20.7 Å². The third-order valence-electron chi connectivity index (χ3n) is 3.23. The van der Waals surface area contributed by atoms with Crippen LogP contribution in [-0.4, -0.2) is 43.1 Å². The van der Waals surface area contributed by atoms with E-state index in [0.29, 0.717) is 35.8 Å². The van der Waals surface area contributed by atoms with Crippen molar-refractivity contribution < 1.29 is 14.3 Å². The summed E-state index contributed by atoms with van der Waals surface area (Å²) in [4.78, 5) is 25.1. The van der Waals surface area contributed by atoms with Gasteiger partial charge in [-0.2, -0.15) is 0 Å². The number of methoxy groups -OCH3 is 1. The van der Waals surface area contributed by atoms with Gasteiger partial charge in [-0.05, 0) is 24.6 Å². The number of anilines is 1. The summed E-state index contributed by atoms with van der Waals surface area (Å²) in [6.07, 6.45) is 0.212. The molecule has 1 aromatic rings. The lowest BCUT2D eigenvalue weighted by Crippen LogP contribution is -2.38. The highest BCUT2D eigenvalue weighted by Crippen LogP contribution is 2.22. The number of nitrogens with two attached hydrogens (primary N) is 1. The standard InChI is InChI=1S/C13H16ClN3O3/c1-20-13(19)16-9-4-5-17(7-9)12(18)8-2-3-11(15)10(14)6-8/h2-3,6,9H,4-5,7,15H2,1H3,(H,16,19). The summed E-state index contributed by atoms with van der Waals surface area (Å²) < 4.78 is 4.54. The summed E-state index contributed by atoms with van der Waals surface area (Å²) in [5, 5.41) is 3.04. The maximum Gasteiger partial charge on any atom is 0.407 e. The van der Waals surface area contributed by atoms with Gasteiger partial charge in [0.05, 0.1) is 23.9 Å². The molecule has 7 heteroatoms. The third-order valence-corrected chi connectivity index (χ3v) is 3.56. The van der Waals surface area contributed by atoms with E-state index >= 15 is 0 Å². The molecule has 0 bridgehead atoms. The van der Waals surface area contributed by atoms with Gasteiger partial charge in [0.1, 0.15) is 0 Å². The van der Waals surface area contributed by atoms with E-state index < -0.39 is 6.09 Å². The van der Waals surface area contributed by atoms with Gasteiger partial charge in [-0.15, -0.1) is 0 Å². The average Bonchev–Trinajstić information content (AvgIpc) is 2.89. The van der Waals surface area contributed by atoms with Crippen molar-refractivity contribution in [2.75, 3.05) is 25.9 Å². The Morgan fingerprint density at radius 2 is 2.25 bits per heavy atom. The molecule has 2 rings (SSSR count). The molecule has 0 saturated carbocycles. The zero-order valence-corrected chi connectivity index (χ0v) is 11.8. The van der Waals surface area contributed by atoms with Crippen LogP contribution in [0.2, 0.25) is 5.02 Å². The number of nitrogen functional groups attached to an aromatic ring is 1. The summed E-state index contributed by atoms with van der Waals surface area (Å²) >= 11 is 5.91. The number of benzene rings is 1. The normalized spacial score (nSPS) is 17.9. The molecule has 1 unspecified atom stereocenters. The number of likely N-dealkylation sites (tertiary alicyclic amines) is 1. The Labute approximate surface area is 121 Å². The molecule has 1 atom stereocenters. The van der Waals surface area contributed by atoms with E-state index in [2.05, 4.69) is 10.1 Å². The van der Waals surface area contributed by atoms with Crippen molar-refractivity contribution in [3.63, 3.8) is 0 Å². The number of hydrogen-bond acceptors (Lipinski definition) is 4. The molecule has 1 saturated heterocycles. The Hall–Kier alpha value is -1.95. The van der Waals surface area contributed by atoms with E-state index in [1.165, 1.54) is 7.11 Å². The number of carbonyl (C=O) groups is 2. The highest BCUT2D eigenvalue weighted by molar-refractivity contribution is 6.33. The predicted octanol–water partition coefficient (Wildman–Crippen LogP) is 1.49. The number of amides is 2. The molecular weight excluding hydrogens is 282 g/mol. The molecule has 1 heterocycles. The number of carbonyl (C=O) groups excluding carboxylic acids is 2. The van der Waals surface area contributed by atoms with Crippen LogP contribution in [-0.2, 0) is 4.74 Å². The van der Waals surface area contributed by atoms with E-state index in [9.17, 15) is 9.59 Å². The number of ether oxygens (including phenoxy) is 1. The largest absolute Gasteiger partial charge is 0.453 e. The molecular formula is C13H16ClN3O3. The molecule has 108 valence electrons. The first-order valence-electron chi connectivity index (χ1n) is 6.20. The highest BCUT2D eigenvalue weighted by Gasteiger charge is 2.28. The number of hydrogen-bond donors (Lipinski definition) is 2. The Morgan fingerprint density at radius 3 is 2.90 bits per heavy atom. The van der Waals surface area contributed by atoms with Gasteiger partial charge >= 0.3 is 6.09 Å². The van der Waals surface area contributed by atoms with Gasteiger partial charge in [-0.25, -0.2) is 4.79 Å². The number of nitrogens with zero attached hydrogens (tertiary/aromatic N) is 1. The molecule has 1 aliphatic rings. The quantitative estimate of drug-likeness (QED) is 0.810. The summed E-state index contributed by atoms with van der Waals surface area (Å²) in [5.41, 5.74) is 6.54. The summed E-state index contributed by atoms with van der Waals surface area (Å²) in [6, 6.07) is 4.72. The molecule has 1 aromatic carbocycles. The molecule has 0 radical (unpaired) electrons. The van der Waals surface area contributed by atoms with Crippen molar-refractivity contribution in [3.8, 4) is 0 Å². The Morgan fingerprint density at radius 1 is 1.50 bits per heavy atom. The predicted molar refractivity (Wildman–Crippen MR) is 75.7 cm³/mol. The number of halogens is 1. The summed E-state index contributed by atoms with van der Waals surface area (Å²) in [7, 11) is 1.31. The fraction of sp³-hybridized carbons (Fsp3) is 0.385. The van der Waals surface area contributed by atoms with Crippen molar-refractivity contribution >= 4 is 29.3 Å². The summed E-state index contributed by atoms with van der Waals surface area (Å²) in [6.45, 7) is 1.03. The van der Waals surface area contributed by atoms with Crippen LogP contribution in [0.1, 0.15) is 16.8 Å². The van der Waals surface area contributed by atoms with E-state index in [1.807, 2.05) is 0 Å². The van der Waals surface area contributed by atoms with Gasteiger partial charge in [0.2, 0.25) is 0 Å². The van der Waals surface area contributed by atoms with Gasteiger partial charge in [-0.1, -0.05) is 11.6 Å². The highest BCUT2D eigenvalue weighted by atomic mass is 35.5. The van der Waals surface area contributed by atoms with Crippen LogP contribution in [0.3, 0.4) is 0 Å². The molecule has 6 nitrogen and oxygen atoms in total. The van der Waals surface area contributed by atoms with Crippen molar-refractivity contribution in [2.45, 2.75) is 12.5 Å². The Kier molecular flexibility index (Phi) is 4.34. The first-order chi connectivity index (χ1) is 9.51. The van der Waals surface area contributed by atoms with Crippen LogP contribution >= 0.6 is 11.6 Å². The maximum atomic E-state index is 12.3. The van der Waals surface area contributed by atoms with Gasteiger partial charge in [0, 0.05) is 18.7 Å². The SMILES string of the molecule is COC(=O)NC1CCN(C(=O)c2ccc(N)c(Cl)c2)C1. The van der Waals surface area contributed by atoms with E-state index in [0.717, 1.165) is 0 Å². The Balaban J connectivity index is 2.00. The second-order valence-electron chi connectivity index (χ2n) is 4.61. The maximum absolute atomic E-state index is 12.3. The van der Waals surface area contributed by atoms with Crippen LogP contribution in [0, 0.1) is 0 Å². The van der Waals surface area contributed by atoms with E-state index in [4.69, 9.17) is 17.3 Å². The second-order valence-corrected chi connectivity index (χ2v) is 5.02. The molecule has 0 aromatic heterocycles. The fourth-order valence-electron chi connectivity index (χ4n) is 2.13. The van der Waals surface area contributed by atoms with Gasteiger partial charge in [-0.3, -0.25) is 4.79 Å². The molecule has 2 amide bonds. The first-order valence-corrected chi connectivity index (χ1v) is 6.58. The first kappa shape index (κ1) is 14.5. The molecule has 3 N–H and O–H groups in total. The Bertz CT molecular complexity index is 536. The van der Waals surface area contributed by atoms with Crippen LogP contribution in [0.15, 0.2) is 18.2 Å². The summed E-state index contributed by atoms with van der Waals surface area (Å²) in [5.74, 6) is -0.124. The third kappa shape index (κ3) is 3.14. The monoisotopic (exact) mass is 297 g/mol. The topological polar surface area (TPSA) is 84.7 Å². The van der Waals surface area contributed by atoms with Gasteiger partial charge in [0.15, 0.2) is 0 Å². The zero-order valence-electron chi connectivity index (χ0n) is 11.1. The van der Waals surface area contributed by atoms with Crippen molar-refractivity contribution in [1.29, 1.82) is 0 Å². The minimum atomic E-state index is -0.486. The molecule has 0 spiro atoms. The lowest BCUT2D eigenvalue weighted by molar-refractivity contribution is 0.0788. The van der Waals surface area contributed by atoms with E-state index in [1.54, 1.807) is 23.1 Å². The van der Waals surface area contributed by atoms with Crippen molar-refractivity contribution in [2.24, 2.45) is 0 Å². The lowest BCUT2D eigenvalue weighted by Gasteiger charge is -2.17. The molecule has 1 aliphatic heterocycles. The molecule has 20 heavy (non-hydrogen) atoms. The zero-order chi connectivity index (χ0) is 14.7. The number of rotatable bonds is 2. The van der Waals surface area contributed by atoms with Crippen LogP contribution < -0.4 is 11.1 Å². The smallest absolute Gasteiger partial charge is 0.407 e. The lowest BCUT2D eigenvalue weighted by atomic mass is 10.2. The minimum Gasteiger partial charge on any atom is -0.453 e.